The van der Waals surface area contributed by atoms with E-state index in [0.717, 1.165) is 29.6 Å². The highest BCUT2D eigenvalue weighted by atomic mass is 16.5. The molecule has 1 aromatic carbocycles. The Labute approximate surface area is 187 Å². The molecule has 2 aromatic heterocycles. The largest absolute Gasteiger partial charge is 0.497 e. The van der Waals surface area contributed by atoms with Crippen LogP contribution in [0.5, 0.6) is 5.75 Å². The average molecular weight is 436 g/mol. The molecule has 2 N–H and O–H groups in total. The Hall–Kier alpha value is -3.32. The van der Waals surface area contributed by atoms with E-state index in [4.69, 9.17) is 9.47 Å². The number of Topliss-reactive ketones (excluding diaryl/α,β-unsaturated/α-hetero) is 1. The summed E-state index contributed by atoms with van der Waals surface area (Å²) in [5.41, 5.74) is 5.85. The van der Waals surface area contributed by atoms with Crippen LogP contribution in [-0.4, -0.2) is 60.0 Å². The molecule has 0 amide bonds. The molecule has 0 bridgehead atoms. The van der Waals surface area contributed by atoms with Gasteiger partial charge in [0.2, 0.25) is 0 Å². The maximum atomic E-state index is 13.1. The second-order valence-corrected chi connectivity index (χ2v) is 8.10. The number of aromatic amines is 2. The first-order valence-electron chi connectivity index (χ1n) is 10.9. The number of nitrogens with zero attached hydrogens (tertiary/aromatic N) is 1. The number of benzene rings is 1. The van der Waals surface area contributed by atoms with Crippen molar-refractivity contribution in [2.24, 2.45) is 0 Å². The molecule has 4 rings (SSSR count). The van der Waals surface area contributed by atoms with Gasteiger partial charge >= 0.3 is 5.97 Å². The lowest BCUT2D eigenvalue weighted by Gasteiger charge is -2.25. The van der Waals surface area contributed by atoms with E-state index in [9.17, 15) is 9.59 Å². The molecule has 7 heteroatoms. The smallest absolute Gasteiger partial charge is 0.355 e. The molecule has 0 saturated heterocycles. The van der Waals surface area contributed by atoms with Crippen molar-refractivity contribution in [2.45, 2.75) is 27.2 Å². The number of rotatable bonds is 7. The summed E-state index contributed by atoms with van der Waals surface area (Å²) in [4.78, 5) is 33.7. The van der Waals surface area contributed by atoms with Crippen molar-refractivity contribution in [3.05, 3.63) is 58.6 Å². The number of carbonyl (C=O) groups is 2. The molecule has 0 saturated carbocycles. The van der Waals surface area contributed by atoms with Gasteiger partial charge in [0.1, 0.15) is 11.4 Å². The van der Waals surface area contributed by atoms with Crippen LogP contribution in [-0.2, 0) is 4.74 Å². The minimum atomic E-state index is -0.423. The normalized spacial score (nSPS) is 14.4. The monoisotopic (exact) mass is 435 g/mol. The fraction of sp³-hybridized carbons (Fsp3) is 0.360. The number of ketones is 1. The zero-order valence-electron chi connectivity index (χ0n) is 19.0. The third-order valence-electron chi connectivity index (χ3n) is 6.09. The number of hydrogen-bond acceptors (Lipinski definition) is 5. The fourth-order valence-electron chi connectivity index (χ4n) is 4.45. The second-order valence-electron chi connectivity index (χ2n) is 8.10. The van der Waals surface area contributed by atoms with Crippen molar-refractivity contribution < 1.29 is 19.1 Å². The van der Waals surface area contributed by atoms with Crippen molar-refractivity contribution >= 4 is 28.2 Å². The maximum Gasteiger partial charge on any atom is 0.355 e. The molecule has 0 fully saturated rings. The van der Waals surface area contributed by atoms with E-state index in [0.29, 0.717) is 42.2 Å². The van der Waals surface area contributed by atoms with Crippen LogP contribution in [0.2, 0.25) is 0 Å². The molecule has 1 aliphatic heterocycles. The Morgan fingerprint density at radius 3 is 2.72 bits per heavy atom. The van der Waals surface area contributed by atoms with Crippen LogP contribution in [0.3, 0.4) is 0 Å². The van der Waals surface area contributed by atoms with E-state index < -0.39 is 5.97 Å². The van der Waals surface area contributed by atoms with Gasteiger partial charge in [-0.25, -0.2) is 4.79 Å². The lowest BCUT2D eigenvalue weighted by molar-refractivity contribution is 0.0519. The second kappa shape index (κ2) is 9.04. The van der Waals surface area contributed by atoms with Gasteiger partial charge in [0.05, 0.1) is 20.3 Å². The van der Waals surface area contributed by atoms with Crippen LogP contribution >= 0.6 is 0 Å². The van der Waals surface area contributed by atoms with Gasteiger partial charge in [0.15, 0.2) is 5.78 Å². The quantitative estimate of drug-likeness (QED) is 0.427. The number of methoxy groups -OCH3 is 1. The third-order valence-corrected chi connectivity index (χ3v) is 6.09. The minimum absolute atomic E-state index is 0.0143. The Morgan fingerprint density at radius 2 is 2.03 bits per heavy atom. The summed E-state index contributed by atoms with van der Waals surface area (Å²) in [6, 6.07) is 6.03. The number of H-pyrrole nitrogens is 2. The van der Waals surface area contributed by atoms with Crippen LogP contribution in [0.25, 0.3) is 16.5 Å². The number of aryl methyl sites for hydroxylation is 1. The Kier molecular flexibility index (Phi) is 6.19. The number of esters is 1. The lowest BCUT2D eigenvalue weighted by Crippen LogP contribution is -2.33. The summed E-state index contributed by atoms with van der Waals surface area (Å²) in [5, 5.41) is 1.14. The zero-order valence-corrected chi connectivity index (χ0v) is 19.0. The molecule has 0 aliphatic carbocycles. The van der Waals surface area contributed by atoms with Gasteiger partial charge in [0, 0.05) is 47.0 Å². The molecule has 7 nitrogen and oxygen atoms in total. The Bertz CT molecular complexity index is 1200. The fourth-order valence-corrected chi connectivity index (χ4v) is 4.45. The van der Waals surface area contributed by atoms with Crippen molar-refractivity contribution in [1.29, 1.82) is 0 Å². The average Bonchev–Trinajstić information content (AvgIpc) is 3.34. The Balaban J connectivity index is 1.47. The minimum Gasteiger partial charge on any atom is -0.497 e. The van der Waals surface area contributed by atoms with Crippen LogP contribution < -0.4 is 4.74 Å². The van der Waals surface area contributed by atoms with Gasteiger partial charge in [-0.05, 0) is 56.5 Å². The van der Waals surface area contributed by atoms with Crippen LogP contribution in [0, 0.1) is 13.8 Å². The first-order chi connectivity index (χ1) is 15.4. The van der Waals surface area contributed by atoms with Gasteiger partial charge in [-0.2, -0.15) is 0 Å². The molecule has 32 heavy (non-hydrogen) atoms. The number of hydrogen-bond donors (Lipinski definition) is 2. The van der Waals surface area contributed by atoms with Gasteiger partial charge in [-0.15, -0.1) is 0 Å². The lowest BCUT2D eigenvalue weighted by atomic mass is 9.98. The number of fused-ring (bicyclic) bond motifs is 1. The molecule has 0 spiro atoms. The van der Waals surface area contributed by atoms with E-state index in [1.54, 1.807) is 21.0 Å². The Morgan fingerprint density at radius 1 is 1.22 bits per heavy atom. The summed E-state index contributed by atoms with van der Waals surface area (Å²) in [5.74, 6) is 0.426. The summed E-state index contributed by atoms with van der Waals surface area (Å²) >= 11 is 0. The van der Waals surface area contributed by atoms with E-state index in [-0.39, 0.29) is 5.78 Å². The van der Waals surface area contributed by atoms with Crippen LogP contribution in [0.15, 0.2) is 30.5 Å². The first kappa shape index (κ1) is 21.9. The molecule has 3 aromatic rings. The molecule has 3 heterocycles. The summed E-state index contributed by atoms with van der Waals surface area (Å²) < 4.78 is 10.5. The number of carbonyl (C=O) groups excluding carboxylic acids is 2. The van der Waals surface area contributed by atoms with Gasteiger partial charge in [-0.1, -0.05) is 6.08 Å². The highest BCUT2D eigenvalue weighted by Crippen LogP contribution is 2.31. The summed E-state index contributed by atoms with van der Waals surface area (Å²) in [6.45, 7) is 7.48. The first-order valence-corrected chi connectivity index (χ1v) is 10.9. The van der Waals surface area contributed by atoms with Gasteiger partial charge in [0.25, 0.3) is 0 Å². The SMILES string of the molecule is CCOC(=O)c1[nH]c(C)c(C(=O)CN2CC=C(c3c[nH]c4ccc(OC)cc34)CC2)c1C. The molecule has 1 aliphatic rings. The molecule has 0 atom stereocenters. The van der Waals surface area contributed by atoms with E-state index in [1.165, 1.54) is 11.1 Å². The molecular formula is C25H29N3O4. The third kappa shape index (κ3) is 4.08. The van der Waals surface area contributed by atoms with Crippen molar-refractivity contribution in [2.75, 3.05) is 33.4 Å². The summed E-state index contributed by atoms with van der Waals surface area (Å²) in [6.07, 6.45) is 5.09. The maximum absolute atomic E-state index is 13.1. The van der Waals surface area contributed by atoms with Crippen molar-refractivity contribution in [3.63, 3.8) is 0 Å². The number of aromatic nitrogens is 2. The molecule has 0 radical (unpaired) electrons. The van der Waals surface area contributed by atoms with E-state index in [1.807, 2.05) is 25.3 Å². The predicted molar refractivity (Wildman–Crippen MR) is 124 cm³/mol. The topological polar surface area (TPSA) is 87.4 Å². The van der Waals surface area contributed by atoms with Crippen molar-refractivity contribution in [3.8, 4) is 5.75 Å². The molecular weight excluding hydrogens is 406 g/mol. The van der Waals surface area contributed by atoms with E-state index in [2.05, 4.69) is 27.0 Å². The highest BCUT2D eigenvalue weighted by Gasteiger charge is 2.25. The number of nitrogens with one attached hydrogen (secondary N) is 2. The highest BCUT2D eigenvalue weighted by molar-refractivity contribution is 6.03. The van der Waals surface area contributed by atoms with Crippen molar-refractivity contribution in [1.82, 2.24) is 14.9 Å². The van der Waals surface area contributed by atoms with E-state index >= 15 is 0 Å². The number of ether oxygens (including phenoxy) is 2. The van der Waals surface area contributed by atoms with Crippen LogP contribution in [0.4, 0.5) is 0 Å². The molecule has 168 valence electrons. The van der Waals surface area contributed by atoms with Gasteiger partial charge < -0.3 is 19.4 Å². The predicted octanol–water partition coefficient (Wildman–Crippen LogP) is 4.27. The van der Waals surface area contributed by atoms with Gasteiger partial charge in [-0.3, -0.25) is 9.69 Å². The zero-order chi connectivity index (χ0) is 22.8. The standard InChI is InChI=1S/C25H29N3O4/c1-5-32-25(30)24-15(2)23(16(3)27-24)22(29)14-28-10-8-17(9-11-28)20-13-26-21-7-6-18(31-4)12-19(20)21/h6-8,12-13,26-27H,5,9-11,14H2,1-4H3. The van der Waals surface area contributed by atoms with Crippen LogP contribution in [0.1, 0.15) is 51.0 Å². The molecule has 0 unspecified atom stereocenters. The summed E-state index contributed by atoms with van der Waals surface area (Å²) in [7, 11) is 1.67.